The van der Waals surface area contributed by atoms with Crippen LogP contribution >= 0.6 is 11.8 Å². The Morgan fingerprint density at radius 1 is 1.42 bits per heavy atom. The van der Waals surface area contributed by atoms with E-state index >= 15 is 0 Å². The molecule has 1 N–H and O–H groups in total. The summed E-state index contributed by atoms with van der Waals surface area (Å²) in [5, 5.41) is 16.0. The highest BCUT2D eigenvalue weighted by atomic mass is 32.2. The second-order valence-electron chi connectivity index (χ2n) is 4.14. The minimum absolute atomic E-state index is 0.0779. The molecule has 1 unspecified atom stereocenters. The summed E-state index contributed by atoms with van der Waals surface area (Å²) < 4.78 is 18.7. The molecule has 0 spiro atoms. The maximum atomic E-state index is 13.0. The summed E-state index contributed by atoms with van der Waals surface area (Å²) in [5.41, 5.74) is 1.03. The Labute approximate surface area is 111 Å². The van der Waals surface area contributed by atoms with Crippen LogP contribution in [-0.4, -0.2) is 14.8 Å². The quantitative estimate of drug-likeness (QED) is 0.861. The van der Waals surface area contributed by atoms with Crippen molar-refractivity contribution < 1.29 is 14.0 Å². The maximum absolute atomic E-state index is 13.0. The molecule has 19 heavy (non-hydrogen) atoms. The monoisotopic (exact) mass is 280 g/mol. The number of allylic oxidation sites excluding steroid dienone is 1. The Balaban J connectivity index is 2.21. The lowest BCUT2D eigenvalue weighted by molar-refractivity contribution is 0.164. The van der Waals surface area contributed by atoms with Crippen molar-refractivity contribution in [2.75, 3.05) is 0 Å². The van der Waals surface area contributed by atoms with Gasteiger partial charge >= 0.3 is 5.76 Å². The van der Waals surface area contributed by atoms with E-state index in [9.17, 15) is 14.3 Å². The number of hydrogen-bond donors (Lipinski definition) is 1. The average molecular weight is 280 g/mol. The number of rotatable bonds is 1. The Morgan fingerprint density at radius 2 is 2.11 bits per heavy atom. The highest BCUT2D eigenvalue weighted by molar-refractivity contribution is 8.03. The third-order valence-electron chi connectivity index (χ3n) is 2.90. The fraction of sp³-hybridized carbons (Fsp3) is 0.167. The van der Waals surface area contributed by atoms with Crippen molar-refractivity contribution in [2.24, 2.45) is 0 Å². The van der Waals surface area contributed by atoms with Crippen LogP contribution in [0.2, 0.25) is 0 Å². The molecular formula is C12H9FN2O3S. The topological polar surface area (TPSA) is 68.3 Å². The van der Waals surface area contributed by atoms with Crippen molar-refractivity contribution >= 4 is 17.5 Å². The van der Waals surface area contributed by atoms with Gasteiger partial charge in [-0.25, -0.2) is 13.8 Å². The molecule has 0 aliphatic carbocycles. The molecule has 0 fully saturated rings. The van der Waals surface area contributed by atoms with Gasteiger partial charge in [0.15, 0.2) is 0 Å². The Kier molecular flexibility index (Phi) is 2.61. The predicted octanol–water partition coefficient (Wildman–Crippen LogP) is 1.73. The largest absolute Gasteiger partial charge is 0.446 e. The van der Waals surface area contributed by atoms with Crippen LogP contribution in [-0.2, 0) is 4.93 Å². The molecule has 1 aromatic heterocycles. The van der Waals surface area contributed by atoms with Gasteiger partial charge in [0, 0.05) is 11.3 Å². The SMILES string of the molecule is CC1=CSC(O)(c2ccc(F)cc2)c2noc(=O)n21. The number of benzene rings is 1. The number of halogens is 1. The van der Waals surface area contributed by atoms with Gasteiger partial charge in [-0.1, -0.05) is 29.1 Å². The maximum Gasteiger partial charge on any atom is 0.446 e. The first-order valence-electron chi connectivity index (χ1n) is 5.45. The van der Waals surface area contributed by atoms with E-state index in [1.807, 2.05) is 0 Å². The molecule has 0 radical (unpaired) electrons. The van der Waals surface area contributed by atoms with Gasteiger partial charge in [-0.2, -0.15) is 0 Å². The number of thioether (sulfide) groups is 1. The smallest absolute Gasteiger partial charge is 0.368 e. The molecule has 98 valence electrons. The van der Waals surface area contributed by atoms with Gasteiger partial charge in [-0.3, -0.25) is 4.52 Å². The summed E-state index contributed by atoms with van der Waals surface area (Å²) in [6.45, 7) is 1.71. The van der Waals surface area contributed by atoms with E-state index in [1.165, 1.54) is 28.8 Å². The molecule has 3 rings (SSSR count). The molecule has 0 saturated heterocycles. The molecule has 1 aliphatic rings. The van der Waals surface area contributed by atoms with E-state index in [2.05, 4.69) is 9.68 Å². The van der Waals surface area contributed by atoms with Crippen LogP contribution in [0.15, 0.2) is 39.0 Å². The van der Waals surface area contributed by atoms with E-state index in [0.717, 1.165) is 11.8 Å². The van der Waals surface area contributed by atoms with Gasteiger partial charge in [-0.15, -0.1) is 0 Å². The van der Waals surface area contributed by atoms with E-state index in [0.29, 0.717) is 11.3 Å². The number of aromatic nitrogens is 2. The molecule has 0 amide bonds. The zero-order valence-electron chi connectivity index (χ0n) is 9.83. The first-order valence-corrected chi connectivity index (χ1v) is 6.33. The average Bonchev–Trinajstić information content (AvgIpc) is 2.79. The van der Waals surface area contributed by atoms with Crippen molar-refractivity contribution in [3.05, 3.63) is 57.4 Å². The van der Waals surface area contributed by atoms with E-state index in [4.69, 9.17) is 0 Å². The molecule has 0 bridgehead atoms. The molecular weight excluding hydrogens is 271 g/mol. The van der Waals surface area contributed by atoms with Gasteiger partial charge in [-0.05, 0) is 24.5 Å². The summed E-state index contributed by atoms with van der Waals surface area (Å²) in [4.78, 5) is 9.99. The normalized spacial score (nSPS) is 21.9. The minimum atomic E-state index is -1.57. The van der Waals surface area contributed by atoms with Gasteiger partial charge in [0.05, 0.1) is 0 Å². The van der Waals surface area contributed by atoms with E-state index in [-0.39, 0.29) is 5.82 Å². The first-order chi connectivity index (χ1) is 9.02. The van der Waals surface area contributed by atoms with Crippen LogP contribution in [0.5, 0.6) is 0 Å². The van der Waals surface area contributed by atoms with Gasteiger partial charge < -0.3 is 5.11 Å². The van der Waals surface area contributed by atoms with Crippen molar-refractivity contribution in [1.82, 2.24) is 9.72 Å². The van der Waals surface area contributed by atoms with E-state index < -0.39 is 16.5 Å². The van der Waals surface area contributed by atoms with Crippen molar-refractivity contribution in [1.29, 1.82) is 0 Å². The molecule has 7 heteroatoms. The Hall–Kier alpha value is -1.86. The zero-order valence-corrected chi connectivity index (χ0v) is 10.6. The number of aliphatic hydroxyl groups is 1. The van der Waals surface area contributed by atoms with Crippen LogP contribution in [0.25, 0.3) is 5.70 Å². The van der Waals surface area contributed by atoms with Crippen LogP contribution in [0.1, 0.15) is 18.3 Å². The molecule has 0 saturated carbocycles. The predicted molar refractivity (Wildman–Crippen MR) is 67.7 cm³/mol. The zero-order chi connectivity index (χ0) is 13.6. The number of nitrogens with zero attached hydrogens (tertiary/aromatic N) is 2. The summed E-state index contributed by atoms with van der Waals surface area (Å²) in [6.07, 6.45) is 0. The van der Waals surface area contributed by atoms with Crippen LogP contribution in [0.3, 0.4) is 0 Å². The van der Waals surface area contributed by atoms with Crippen molar-refractivity contribution in [3.63, 3.8) is 0 Å². The Morgan fingerprint density at radius 3 is 2.79 bits per heavy atom. The first kappa shape index (κ1) is 12.2. The minimum Gasteiger partial charge on any atom is -0.368 e. The number of hydrogen-bond acceptors (Lipinski definition) is 5. The lowest BCUT2D eigenvalue weighted by Gasteiger charge is -2.28. The van der Waals surface area contributed by atoms with Crippen LogP contribution in [0, 0.1) is 5.82 Å². The van der Waals surface area contributed by atoms with Gasteiger partial charge in [0.2, 0.25) is 10.8 Å². The molecule has 1 atom stereocenters. The van der Waals surface area contributed by atoms with Crippen molar-refractivity contribution in [3.8, 4) is 0 Å². The highest BCUT2D eigenvalue weighted by Crippen LogP contribution is 2.43. The second-order valence-corrected chi connectivity index (χ2v) is 5.20. The highest BCUT2D eigenvalue weighted by Gasteiger charge is 2.41. The Bertz CT molecular complexity index is 719. The summed E-state index contributed by atoms with van der Waals surface area (Å²) >= 11 is 1.08. The van der Waals surface area contributed by atoms with Crippen LogP contribution in [0.4, 0.5) is 4.39 Å². The van der Waals surface area contributed by atoms with Crippen LogP contribution < -0.4 is 5.76 Å². The van der Waals surface area contributed by atoms with Crippen molar-refractivity contribution in [2.45, 2.75) is 11.9 Å². The molecule has 1 aliphatic heterocycles. The third-order valence-corrected chi connectivity index (χ3v) is 4.11. The van der Waals surface area contributed by atoms with Gasteiger partial charge in [0.1, 0.15) is 5.82 Å². The van der Waals surface area contributed by atoms with E-state index in [1.54, 1.807) is 12.3 Å². The molecule has 1 aromatic carbocycles. The fourth-order valence-corrected chi connectivity index (χ4v) is 2.88. The summed E-state index contributed by atoms with van der Waals surface area (Å²) in [6, 6.07) is 5.36. The summed E-state index contributed by atoms with van der Waals surface area (Å²) in [5.74, 6) is -0.990. The third kappa shape index (κ3) is 1.73. The lowest BCUT2D eigenvalue weighted by atomic mass is 10.1. The molecule has 2 heterocycles. The molecule has 2 aromatic rings. The summed E-state index contributed by atoms with van der Waals surface area (Å²) in [7, 11) is 0. The lowest BCUT2D eigenvalue weighted by Crippen LogP contribution is -2.32. The molecule has 5 nitrogen and oxygen atoms in total. The fourth-order valence-electron chi connectivity index (χ4n) is 1.92. The second kappa shape index (κ2) is 4.07. The van der Waals surface area contributed by atoms with Gasteiger partial charge in [0.25, 0.3) is 0 Å². The standard InChI is InChI=1S/C12H9FN2O3S/c1-7-6-19-12(17,8-2-4-9(13)5-3-8)10-14-18-11(16)15(7)10/h2-6,17H,1H3. The number of fused-ring (bicyclic) bond motifs is 1.